The number of carbonyl (C=O) groups is 2. The van der Waals surface area contributed by atoms with Gasteiger partial charge in [0.15, 0.2) is 0 Å². The fourth-order valence-corrected chi connectivity index (χ4v) is 3.48. The summed E-state index contributed by atoms with van der Waals surface area (Å²) in [4.78, 5) is 26.9. The Hall–Kier alpha value is -3.33. The fourth-order valence-electron chi connectivity index (χ4n) is 3.48. The van der Waals surface area contributed by atoms with Crippen molar-refractivity contribution in [2.24, 2.45) is 5.92 Å². The molecular formula is C23H26N4O2. The Morgan fingerprint density at radius 2 is 1.93 bits per heavy atom. The summed E-state index contributed by atoms with van der Waals surface area (Å²) in [6.07, 6.45) is 0.662. The van der Waals surface area contributed by atoms with Crippen molar-refractivity contribution in [1.29, 1.82) is 5.26 Å². The van der Waals surface area contributed by atoms with E-state index in [9.17, 15) is 9.59 Å². The van der Waals surface area contributed by atoms with Crippen molar-refractivity contribution < 1.29 is 9.59 Å². The van der Waals surface area contributed by atoms with Crippen LogP contribution in [0.2, 0.25) is 0 Å². The Balaban J connectivity index is 1.88. The number of anilines is 2. The highest BCUT2D eigenvalue weighted by atomic mass is 16.2. The Labute approximate surface area is 171 Å². The van der Waals surface area contributed by atoms with E-state index >= 15 is 0 Å². The molecule has 0 spiro atoms. The molecule has 2 aromatic carbocycles. The van der Waals surface area contributed by atoms with Gasteiger partial charge in [-0.1, -0.05) is 30.3 Å². The number of benzene rings is 2. The minimum absolute atomic E-state index is 0.0333. The number of fused-ring (bicyclic) bond motifs is 1. The van der Waals surface area contributed by atoms with Gasteiger partial charge in [0.25, 0.3) is 0 Å². The summed E-state index contributed by atoms with van der Waals surface area (Å²) < 4.78 is 0. The largest absolute Gasteiger partial charge is 0.333 e. The molecule has 150 valence electrons. The molecule has 3 amide bonds. The van der Waals surface area contributed by atoms with E-state index in [1.807, 2.05) is 63.2 Å². The van der Waals surface area contributed by atoms with Crippen molar-refractivity contribution in [1.82, 2.24) is 5.32 Å². The van der Waals surface area contributed by atoms with Crippen LogP contribution < -0.4 is 15.5 Å². The van der Waals surface area contributed by atoms with Gasteiger partial charge in [0.05, 0.1) is 18.5 Å². The predicted molar refractivity (Wildman–Crippen MR) is 113 cm³/mol. The van der Waals surface area contributed by atoms with Crippen LogP contribution in [0.1, 0.15) is 38.3 Å². The van der Waals surface area contributed by atoms with Crippen LogP contribution >= 0.6 is 0 Å². The van der Waals surface area contributed by atoms with Crippen LogP contribution in [-0.2, 0) is 17.8 Å². The lowest BCUT2D eigenvalue weighted by atomic mass is 9.89. The van der Waals surface area contributed by atoms with Gasteiger partial charge in [0.2, 0.25) is 5.91 Å². The maximum absolute atomic E-state index is 13.0. The van der Waals surface area contributed by atoms with Crippen LogP contribution in [-0.4, -0.2) is 17.5 Å². The second kappa shape index (κ2) is 8.36. The van der Waals surface area contributed by atoms with E-state index in [1.54, 1.807) is 11.0 Å². The first-order chi connectivity index (χ1) is 13.8. The summed E-state index contributed by atoms with van der Waals surface area (Å²) in [5, 5.41) is 14.9. The van der Waals surface area contributed by atoms with E-state index in [1.165, 1.54) is 0 Å². The van der Waals surface area contributed by atoms with Gasteiger partial charge in [0.1, 0.15) is 0 Å². The maximum Gasteiger partial charge on any atom is 0.319 e. The first-order valence-electron chi connectivity index (χ1n) is 9.71. The average Bonchev–Trinajstić information content (AvgIpc) is 2.64. The number of hydrogen-bond acceptors (Lipinski definition) is 3. The molecular weight excluding hydrogens is 364 g/mol. The van der Waals surface area contributed by atoms with Gasteiger partial charge in [-0.3, -0.25) is 4.79 Å². The highest BCUT2D eigenvalue weighted by Crippen LogP contribution is 2.35. The average molecular weight is 390 g/mol. The molecule has 0 radical (unpaired) electrons. The van der Waals surface area contributed by atoms with Crippen molar-refractivity contribution in [3.05, 3.63) is 59.7 Å². The lowest BCUT2D eigenvalue weighted by Gasteiger charge is -2.34. The van der Waals surface area contributed by atoms with Gasteiger partial charge in [-0.25, -0.2) is 4.79 Å². The third kappa shape index (κ3) is 5.14. The third-order valence-electron chi connectivity index (χ3n) is 4.72. The number of carbonyl (C=O) groups excluding carboxylic acids is 2. The Bertz CT molecular complexity index is 942. The normalized spacial score (nSPS) is 16.0. The van der Waals surface area contributed by atoms with E-state index in [4.69, 9.17) is 5.26 Å². The van der Waals surface area contributed by atoms with Gasteiger partial charge in [-0.15, -0.1) is 0 Å². The van der Waals surface area contributed by atoms with Gasteiger partial charge in [-0.2, -0.15) is 5.26 Å². The zero-order valence-electron chi connectivity index (χ0n) is 17.0. The molecule has 29 heavy (non-hydrogen) atoms. The second-order valence-electron chi connectivity index (χ2n) is 8.35. The zero-order valence-corrected chi connectivity index (χ0v) is 17.0. The molecule has 1 aliphatic rings. The molecule has 1 aliphatic heterocycles. The van der Waals surface area contributed by atoms with Gasteiger partial charge in [-0.05, 0) is 56.5 Å². The van der Waals surface area contributed by atoms with Crippen LogP contribution in [0.25, 0.3) is 0 Å². The molecule has 0 saturated heterocycles. The van der Waals surface area contributed by atoms with Crippen molar-refractivity contribution in [2.45, 2.75) is 45.7 Å². The first-order valence-corrected chi connectivity index (χ1v) is 9.71. The molecule has 1 atom stereocenters. The number of nitriles is 1. The van der Waals surface area contributed by atoms with Crippen LogP contribution in [0.4, 0.5) is 16.2 Å². The summed E-state index contributed by atoms with van der Waals surface area (Å²) in [6.45, 7) is 6.20. The number of rotatable bonds is 4. The lowest BCUT2D eigenvalue weighted by molar-refractivity contribution is -0.122. The molecule has 2 N–H and O–H groups in total. The minimum atomic E-state index is -0.380. The summed E-state index contributed by atoms with van der Waals surface area (Å²) >= 11 is 0. The van der Waals surface area contributed by atoms with Crippen LogP contribution in [0.5, 0.6) is 0 Å². The van der Waals surface area contributed by atoms with Crippen LogP contribution in [0.3, 0.4) is 0 Å². The summed E-state index contributed by atoms with van der Waals surface area (Å²) in [5.74, 6) is -0.413. The monoisotopic (exact) mass is 390 g/mol. The number of urea groups is 1. The quantitative estimate of drug-likeness (QED) is 0.819. The van der Waals surface area contributed by atoms with Crippen molar-refractivity contribution in [2.75, 3.05) is 10.2 Å². The van der Waals surface area contributed by atoms with Gasteiger partial charge in [0, 0.05) is 23.3 Å². The molecule has 0 bridgehead atoms. The van der Waals surface area contributed by atoms with E-state index in [0.29, 0.717) is 18.7 Å². The smallest absolute Gasteiger partial charge is 0.319 e. The predicted octanol–water partition coefficient (Wildman–Crippen LogP) is 4.23. The molecule has 1 heterocycles. The van der Waals surface area contributed by atoms with E-state index in [2.05, 4.69) is 16.7 Å². The summed E-state index contributed by atoms with van der Waals surface area (Å²) in [6, 6.07) is 17.2. The topological polar surface area (TPSA) is 85.2 Å². The Morgan fingerprint density at radius 1 is 1.21 bits per heavy atom. The number of hydrogen-bond donors (Lipinski definition) is 2. The summed E-state index contributed by atoms with van der Waals surface area (Å²) in [7, 11) is 0. The number of nitrogens with zero attached hydrogens (tertiary/aromatic N) is 2. The molecule has 0 unspecified atom stereocenters. The highest BCUT2D eigenvalue weighted by Gasteiger charge is 2.33. The SMILES string of the molecule is CC(C)(C)NC(=O)Nc1ccc2c(c1)C[C@H](CC#N)C(=O)N2Cc1ccccc1. The van der Waals surface area contributed by atoms with Crippen LogP contribution in [0.15, 0.2) is 48.5 Å². The molecule has 0 aliphatic carbocycles. The number of nitrogens with one attached hydrogen (secondary N) is 2. The molecule has 0 saturated carbocycles. The third-order valence-corrected chi connectivity index (χ3v) is 4.72. The lowest BCUT2D eigenvalue weighted by Crippen LogP contribution is -2.43. The van der Waals surface area contributed by atoms with Gasteiger partial charge < -0.3 is 15.5 Å². The molecule has 6 nitrogen and oxygen atoms in total. The van der Waals surface area contributed by atoms with E-state index in [0.717, 1.165) is 16.8 Å². The number of amides is 3. The Kier molecular flexibility index (Phi) is 5.88. The van der Waals surface area contributed by atoms with Crippen molar-refractivity contribution >= 4 is 23.3 Å². The molecule has 6 heteroatoms. The van der Waals surface area contributed by atoms with Gasteiger partial charge >= 0.3 is 6.03 Å². The first kappa shape index (κ1) is 20.4. The maximum atomic E-state index is 13.0. The molecule has 0 fully saturated rings. The standard InChI is InChI=1S/C23H26N4O2/c1-23(2,3)26-22(29)25-19-9-10-20-18(14-19)13-17(11-12-24)21(28)27(20)15-16-7-5-4-6-8-16/h4-10,14,17H,11,13,15H2,1-3H3,(H2,25,26,29)/t17-/m0/s1. The minimum Gasteiger partial charge on any atom is -0.333 e. The zero-order chi connectivity index (χ0) is 21.0. The molecule has 2 aromatic rings. The molecule has 3 rings (SSSR count). The van der Waals surface area contributed by atoms with Crippen molar-refractivity contribution in [3.63, 3.8) is 0 Å². The fraction of sp³-hybridized carbons (Fsp3) is 0.348. The van der Waals surface area contributed by atoms with Crippen molar-refractivity contribution in [3.8, 4) is 6.07 Å². The summed E-state index contributed by atoms with van der Waals surface area (Å²) in [5.41, 5.74) is 3.13. The Morgan fingerprint density at radius 3 is 2.59 bits per heavy atom. The highest BCUT2D eigenvalue weighted by molar-refractivity contribution is 5.99. The van der Waals surface area contributed by atoms with Crippen LogP contribution in [0, 0.1) is 17.2 Å². The second-order valence-corrected chi connectivity index (χ2v) is 8.35. The van der Waals surface area contributed by atoms with E-state index in [-0.39, 0.29) is 29.8 Å². The molecule has 0 aromatic heterocycles. The van der Waals surface area contributed by atoms with E-state index < -0.39 is 0 Å².